The van der Waals surface area contributed by atoms with Crippen LogP contribution in [0.25, 0.3) is 0 Å². The number of urea groups is 1. The molecule has 7 heteroatoms. The van der Waals surface area contributed by atoms with Crippen molar-refractivity contribution in [3.63, 3.8) is 0 Å². The highest BCUT2D eigenvalue weighted by Gasteiger charge is 1.98. The fourth-order valence-corrected chi connectivity index (χ4v) is 0.941. The molecule has 0 saturated heterocycles. The minimum Gasteiger partial charge on any atom is -0.352 e. The summed E-state index contributed by atoms with van der Waals surface area (Å²) in [5.41, 5.74) is 4.89. The number of hydrogen-bond acceptors (Lipinski definition) is 4. The maximum absolute atomic E-state index is 10.3. The summed E-state index contributed by atoms with van der Waals surface area (Å²) in [4.78, 5) is 10.3. The molecule has 0 aromatic carbocycles. The minimum absolute atomic E-state index is 0.507. The summed E-state index contributed by atoms with van der Waals surface area (Å²) >= 11 is 0. The van der Waals surface area contributed by atoms with E-state index in [1.54, 1.807) is 6.33 Å². The van der Waals surface area contributed by atoms with Gasteiger partial charge in [0.05, 0.1) is 6.54 Å². The molecule has 0 fully saturated rings. The predicted octanol–water partition coefficient (Wildman–Crippen LogP) is -1.43. The molecule has 2 amide bonds. The fraction of sp³-hybridized carbons (Fsp3) is 0.571. The van der Waals surface area contributed by atoms with E-state index in [0.29, 0.717) is 19.6 Å². The van der Waals surface area contributed by atoms with Gasteiger partial charge >= 0.3 is 6.03 Å². The highest BCUT2D eigenvalue weighted by Crippen LogP contribution is 1.88. The van der Waals surface area contributed by atoms with Gasteiger partial charge in [0.1, 0.15) is 12.2 Å². The van der Waals surface area contributed by atoms with Crippen molar-refractivity contribution in [3.05, 3.63) is 12.2 Å². The third-order valence-corrected chi connectivity index (χ3v) is 1.69. The molecule has 0 aliphatic rings. The second-order valence-corrected chi connectivity index (χ2v) is 2.83. The summed E-state index contributed by atoms with van der Waals surface area (Å²) in [7, 11) is 1.87. The second-order valence-electron chi connectivity index (χ2n) is 2.83. The molecule has 1 rings (SSSR count). The topological polar surface area (TPSA) is 97.9 Å². The van der Waals surface area contributed by atoms with Gasteiger partial charge in [-0.25, -0.2) is 4.79 Å². The molecular formula is C7H14N6O. The van der Waals surface area contributed by atoms with Crippen molar-refractivity contribution in [1.82, 2.24) is 25.4 Å². The Morgan fingerprint density at radius 3 is 3.00 bits per heavy atom. The molecule has 0 atom stereocenters. The van der Waals surface area contributed by atoms with Gasteiger partial charge in [-0.15, -0.1) is 10.2 Å². The fourth-order valence-electron chi connectivity index (χ4n) is 0.941. The van der Waals surface area contributed by atoms with Crippen molar-refractivity contribution in [2.24, 2.45) is 12.8 Å². The van der Waals surface area contributed by atoms with Crippen LogP contribution >= 0.6 is 0 Å². The molecule has 14 heavy (non-hydrogen) atoms. The number of carbonyl (C=O) groups is 1. The SMILES string of the molecule is Cn1cnnc1CNCCNC(N)=O. The molecule has 1 heterocycles. The first-order valence-electron chi connectivity index (χ1n) is 4.27. The number of hydrogen-bond donors (Lipinski definition) is 3. The summed E-state index contributed by atoms with van der Waals surface area (Å²) in [6.07, 6.45) is 1.64. The van der Waals surface area contributed by atoms with Crippen molar-refractivity contribution in [2.45, 2.75) is 6.54 Å². The Kier molecular flexibility index (Phi) is 3.86. The summed E-state index contributed by atoms with van der Waals surface area (Å²) in [6.45, 7) is 1.78. The third-order valence-electron chi connectivity index (χ3n) is 1.69. The predicted molar refractivity (Wildman–Crippen MR) is 50.3 cm³/mol. The second kappa shape index (κ2) is 5.18. The zero-order valence-electron chi connectivity index (χ0n) is 8.03. The minimum atomic E-state index is -0.509. The van der Waals surface area contributed by atoms with E-state index in [0.717, 1.165) is 5.82 Å². The molecule has 0 bridgehead atoms. The van der Waals surface area contributed by atoms with Crippen LogP contribution in [0, 0.1) is 0 Å². The Morgan fingerprint density at radius 2 is 2.43 bits per heavy atom. The molecule has 0 saturated carbocycles. The van der Waals surface area contributed by atoms with E-state index in [9.17, 15) is 4.79 Å². The van der Waals surface area contributed by atoms with Crippen molar-refractivity contribution in [3.8, 4) is 0 Å². The van der Waals surface area contributed by atoms with Gasteiger partial charge in [0, 0.05) is 20.1 Å². The van der Waals surface area contributed by atoms with Crippen molar-refractivity contribution in [1.29, 1.82) is 0 Å². The van der Waals surface area contributed by atoms with Crippen LogP contribution in [0.2, 0.25) is 0 Å². The van der Waals surface area contributed by atoms with Gasteiger partial charge in [-0.2, -0.15) is 0 Å². The Morgan fingerprint density at radius 1 is 1.64 bits per heavy atom. The molecule has 0 aliphatic heterocycles. The molecule has 0 aliphatic carbocycles. The van der Waals surface area contributed by atoms with Crippen LogP contribution in [0.4, 0.5) is 4.79 Å². The van der Waals surface area contributed by atoms with Crippen molar-refractivity contribution in [2.75, 3.05) is 13.1 Å². The lowest BCUT2D eigenvalue weighted by Crippen LogP contribution is -2.35. The van der Waals surface area contributed by atoms with Gasteiger partial charge in [-0.3, -0.25) is 0 Å². The number of aromatic nitrogens is 3. The molecule has 7 nitrogen and oxygen atoms in total. The Balaban J connectivity index is 2.10. The van der Waals surface area contributed by atoms with Gasteiger partial charge in [0.25, 0.3) is 0 Å². The van der Waals surface area contributed by atoms with E-state index < -0.39 is 6.03 Å². The standard InChI is InChI=1S/C7H14N6O/c1-13-5-11-12-6(13)4-9-2-3-10-7(8)14/h5,9H,2-4H2,1H3,(H3,8,10,14). The number of amides is 2. The zero-order chi connectivity index (χ0) is 10.4. The normalized spacial score (nSPS) is 10.1. The maximum atomic E-state index is 10.3. The lowest BCUT2D eigenvalue weighted by molar-refractivity contribution is 0.249. The van der Waals surface area contributed by atoms with Crippen LogP contribution < -0.4 is 16.4 Å². The van der Waals surface area contributed by atoms with Gasteiger partial charge in [0.15, 0.2) is 0 Å². The van der Waals surface area contributed by atoms with E-state index in [1.165, 1.54) is 0 Å². The van der Waals surface area contributed by atoms with Gasteiger partial charge in [-0.05, 0) is 0 Å². The molecule has 0 unspecified atom stereocenters. The number of nitrogens with two attached hydrogens (primary N) is 1. The summed E-state index contributed by atoms with van der Waals surface area (Å²) < 4.78 is 1.83. The van der Waals surface area contributed by atoms with Gasteiger partial charge in [-0.1, -0.05) is 0 Å². The number of nitrogens with zero attached hydrogens (tertiary/aromatic N) is 3. The monoisotopic (exact) mass is 198 g/mol. The average Bonchev–Trinajstić information content (AvgIpc) is 2.51. The van der Waals surface area contributed by atoms with E-state index >= 15 is 0 Å². The highest BCUT2D eigenvalue weighted by atomic mass is 16.2. The molecule has 1 aromatic heterocycles. The summed E-state index contributed by atoms with van der Waals surface area (Å²) in [6, 6.07) is -0.509. The molecule has 4 N–H and O–H groups in total. The number of primary amides is 1. The first-order chi connectivity index (χ1) is 6.70. The Bertz CT molecular complexity index is 296. The first kappa shape index (κ1) is 10.5. The smallest absolute Gasteiger partial charge is 0.312 e. The van der Waals surface area contributed by atoms with Crippen LogP contribution in [0.1, 0.15) is 5.82 Å². The zero-order valence-corrected chi connectivity index (χ0v) is 8.03. The van der Waals surface area contributed by atoms with Crippen LogP contribution in [0.3, 0.4) is 0 Å². The summed E-state index contributed by atoms with van der Waals surface area (Å²) in [5, 5.41) is 13.2. The lowest BCUT2D eigenvalue weighted by atomic mass is 10.5. The number of aryl methyl sites for hydroxylation is 1. The number of carbonyl (C=O) groups excluding carboxylic acids is 1. The molecular weight excluding hydrogens is 184 g/mol. The first-order valence-corrected chi connectivity index (χ1v) is 4.27. The van der Waals surface area contributed by atoms with Crippen LogP contribution in [0.5, 0.6) is 0 Å². The van der Waals surface area contributed by atoms with Crippen LogP contribution in [-0.4, -0.2) is 33.9 Å². The van der Waals surface area contributed by atoms with Crippen molar-refractivity contribution < 1.29 is 4.79 Å². The Hall–Kier alpha value is -1.63. The Labute approximate surface area is 81.7 Å². The van der Waals surface area contributed by atoms with Gasteiger partial charge < -0.3 is 20.9 Å². The van der Waals surface area contributed by atoms with E-state index in [-0.39, 0.29) is 0 Å². The number of nitrogens with one attached hydrogen (secondary N) is 2. The average molecular weight is 198 g/mol. The van der Waals surface area contributed by atoms with Crippen LogP contribution in [-0.2, 0) is 13.6 Å². The maximum Gasteiger partial charge on any atom is 0.312 e. The van der Waals surface area contributed by atoms with E-state index in [1.807, 2.05) is 11.6 Å². The van der Waals surface area contributed by atoms with Crippen molar-refractivity contribution >= 4 is 6.03 Å². The van der Waals surface area contributed by atoms with E-state index in [4.69, 9.17) is 5.73 Å². The quantitative estimate of drug-likeness (QED) is 0.505. The molecule has 0 spiro atoms. The van der Waals surface area contributed by atoms with Gasteiger partial charge in [0.2, 0.25) is 0 Å². The number of rotatable bonds is 5. The molecule has 0 radical (unpaired) electrons. The third kappa shape index (κ3) is 3.40. The molecule has 78 valence electrons. The molecule has 1 aromatic rings. The van der Waals surface area contributed by atoms with Crippen LogP contribution in [0.15, 0.2) is 6.33 Å². The largest absolute Gasteiger partial charge is 0.352 e. The van der Waals surface area contributed by atoms with E-state index in [2.05, 4.69) is 20.8 Å². The summed E-state index contributed by atoms with van der Waals surface area (Å²) in [5.74, 6) is 0.851. The highest BCUT2D eigenvalue weighted by molar-refractivity contribution is 5.71. The lowest BCUT2D eigenvalue weighted by Gasteiger charge is -2.04.